The van der Waals surface area contributed by atoms with Crippen LogP contribution in [0.1, 0.15) is 18.2 Å². The molecule has 0 saturated heterocycles. The van der Waals surface area contributed by atoms with Crippen LogP contribution < -0.4 is 5.32 Å². The molecule has 0 aromatic carbocycles. The van der Waals surface area contributed by atoms with Crippen LogP contribution >= 0.6 is 11.8 Å². The van der Waals surface area contributed by atoms with Crippen LogP contribution in [-0.4, -0.2) is 47.0 Å². The van der Waals surface area contributed by atoms with Crippen molar-refractivity contribution in [2.75, 3.05) is 26.9 Å². The monoisotopic (exact) mass is 273 g/mol. The van der Waals surface area contributed by atoms with Crippen LogP contribution in [-0.2, 0) is 18.3 Å². The van der Waals surface area contributed by atoms with E-state index in [1.807, 2.05) is 25.6 Å². The normalized spacial score (nSPS) is 12.9. The number of ether oxygens (including phenoxy) is 1. The van der Waals surface area contributed by atoms with E-state index in [9.17, 15) is 0 Å². The molecule has 2 N–H and O–H groups in total. The molecule has 6 heteroatoms. The van der Waals surface area contributed by atoms with Gasteiger partial charge in [0.15, 0.2) is 0 Å². The van der Waals surface area contributed by atoms with Crippen molar-refractivity contribution in [2.45, 2.75) is 30.7 Å². The average molecular weight is 273 g/mol. The molecule has 1 unspecified atom stereocenters. The highest BCUT2D eigenvalue weighted by atomic mass is 32.2. The quantitative estimate of drug-likeness (QED) is 0.545. The first-order valence-electron chi connectivity index (χ1n) is 6.09. The Bertz CT molecular complexity index is 368. The first-order valence-corrected chi connectivity index (χ1v) is 6.97. The summed E-state index contributed by atoms with van der Waals surface area (Å²) in [7, 11) is 3.64. The molecule has 0 aliphatic rings. The second-order valence-corrected chi connectivity index (χ2v) is 5.70. The average Bonchev–Trinajstić information content (AvgIpc) is 2.60. The molecule has 0 spiro atoms. The van der Waals surface area contributed by atoms with Crippen LogP contribution in [0.4, 0.5) is 0 Å². The highest BCUT2D eigenvalue weighted by Crippen LogP contribution is 2.28. The zero-order valence-corrected chi connectivity index (χ0v) is 12.4. The van der Waals surface area contributed by atoms with E-state index in [1.54, 1.807) is 18.9 Å². The van der Waals surface area contributed by atoms with Gasteiger partial charge in [0.2, 0.25) is 0 Å². The second-order valence-electron chi connectivity index (χ2n) is 4.27. The number of rotatable bonds is 8. The van der Waals surface area contributed by atoms with E-state index in [4.69, 9.17) is 9.84 Å². The van der Waals surface area contributed by atoms with Gasteiger partial charge in [0.25, 0.3) is 0 Å². The van der Waals surface area contributed by atoms with Crippen molar-refractivity contribution in [1.29, 1.82) is 0 Å². The number of aryl methyl sites for hydroxylation is 2. The summed E-state index contributed by atoms with van der Waals surface area (Å²) >= 11 is 1.66. The molecule has 1 heterocycles. The van der Waals surface area contributed by atoms with Crippen LogP contribution in [0.3, 0.4) is 0 Å². The van der Waals surface area contributed by atoms with E-state index < -0.39 is 0 Å². The molecule has 18 heavy (non-hydrogen) atoms. The number of methoxy groups -OCH3 is 1. The highest BCUT2D eigenvalue weighted by Gasteiger charge is 2.15. The van der Waals surface area contributed by atoms with Gasteiger partial charge in [-0.05, 0) is 6.92 Å². The van der Waals surface area contributed by atoms with E-state index in [-0.39, 0.29) is 11.9 Å². The fourth-order valence-corrected chi connectivity index (χ4v) is 2.66. The van der Waals surface area contributed by atoms with E-state index >= 15 is 0 Å². The van der Waals surface area contributed by atoms with Crippen LogP contribution in [0.2, 0.25) is 0 Å². The number of aliphatic hydroxyl groups excluding tert-OH is 1. The van der Waals surface area contributed by atoms with Crippen molar-refractivity contribution < 1.29 is 9.84 Å². The third-order valence-electron chi connectivity index (χ3n) is 2.64. The lowest BCUT2D eigenvalue weighted by atomic mass is 10.2. The standard InChI is InChI=1S/C12H23N3O2S/c1-9(8-16)18-12-11(7-13-5-6-17-4)10(2)14-15(12)3/h9,13,16H,5-8H2,1-4H3. The molecule has 0 bridgehead atoms. The molecule has 1 aromatic rings. The van der Waals surface area contributed by atoms with E-state index in [2.05, 4.69) is 10.4 Å². The predicted molar refractivity (Wildman–Crippen MR) is 73.9 cm³/mol. The topological polar surface area (TPSA) is 59.3 Å². The van der Waals surface area contributed by atoms with Gasteiger partial charge >= 0.3 is 0 Å². The fraction of sp³-hybridized carbons (Fsp3) is 0.750. The second kappa shape index (κ2) is 7.78. The molecule has 0 fully saturated rings. The smallest absolute Gasteiger partial charge is 0.0987 e. The molecular formula is C12H23N3O2S. The summed E-state index contributed by atoms with van der Waals surface area (Å²) in [4.78, 5) is 0. The maximum Gasteiger partial charge on any atom is 0.0987 e. The molecule has 0 radical (unpaired) electrons. The lowest BCUT2D eigenvalue weighted by Crippen LogP contribution is -2.19. The minimum atomic E-state index is 0.172. The molecule has 0 aliphatic heterocycles. The minimum absolute atomic E-state index is 0.172. The first-order chi connectivity index (χ1) is 8.60. The van der Waals surface area contributed by atoms with Crippen molar-refractivity contribution >= 4 is 11.8 Å². The number of hydrogen-bond acceptors (Lipinski definition) is 5. The number of aromatic nitrogens is 2. The Balaban J connectivity index is 2.69. The minimum Gasteiger partial charge on any atom is -0.395 e. The summed E-state index contributed by atoms with van der Waals surface area (Å²) in [5, 5.41) is 18.2. The number of thioether (sulfide) groups is 1. The van der Waals surface area contributed by atoms with Crippen molar-refractivity contribution in [1.82, 2.24) is 15.1 Å². The van der Waals surface area contributed by atoms with Gasteiger partial charge in [-0.15, -0.1) is 11.8 Å². The van der Waals surface area contributed by atoms with Crippen molar-refractivity contribution in [3.63, 3.8) is 0 Å². The Labute approximate surface area is 113 Å². The van der Waals surface area contributed by atoms with Gasteiger partial charge in [0, 0.05) is 38.1 Å². The van der Waals surface area contributed by atoms with Crippen molar-refractivity contribution in [3.8, 4) is 0 Å². The van der Waals surface area contributed by atoms with Gasteiger partial charge in [-0.1, -0.05) is 6.92 Å². The number of aliphatic hydroxyl groups is 1. The van der Waals surface area contributed by atoms with Crippen LogP contribution in [0, 0.1) is 6.92 Å². The van der Waals surface area contributed by atoms with E-state index in [0.717, 1.165) is 23.8 Å². The molecule has 5 nitrogen and oxygen atoms in total. The fourth-order valence-electron chi connectivity index (χ4n) is 1.65. The van der Waals surface area contributed by atoms with Gasteiger partial charge in [0.05, 0.1) is 23.9 Å². The third-order valence-corrected chi connectivity index (χ3v) is 3.93. The summed E-state index contributed by atoms with van der Waals surface area (Å²) in [6.45, 7) is 6.50. The molecule has 0 amide bonds. The van der Waals surface area contributed by atoms with Gasteiger partial charge in [0.1, 0.15) is 0 Å². The van der Waals surface area contributed by atoms with Gasteiger partial charge in [-0.3, -0.25) is 4.68 Å². The van der Waals surface area contributed by atoms with Crippen molar-refractivity contribution in [3.05, 3.63) is 11.3 Å². The first kappa shape index (κ1) is 15.5. The lowest BCUT2D eigenvalue weighted by molar-refractivity contribution is 0.199. The van der Waals surface area contributed by atoms with Crippen LogP contribution in [0.25, 0.3) is 0 Å². The Kier molecular flexibility index (Phi) is 6.70. The Morgan fingerprint density at radius 2 is 2.28 bits per heavy atom. The van der Waals surface area contributed by atoms with E-state index in [1.165, 1.54) is 5.56 Å². The summed E-state index contributed by atoms with van der Waals surface area (Å²) in [5.41, 5.74) is 2.24. The summed E-state index contributed by atoms with van der Waals surface area (Å²) in [5.74, 6) is 0. The van der Waals surface area contributed by atoms with Crippen molar-refractivity contribution in [2.24, 2.45) is 7.05 Å². The maximum atomic E-state index is 9.15. The molecule has 1 rings (SSSR count). The van der Waals surface area contributed by atoms with E-state index in [0.29, 0.717) is 6.61 Å². The zero-order chi connectivity index (χ0) is 13.5. The predicted octanol–water partition coefficient (Wildman–Crippen LogP) is 0.937. The number of hydrogen-bond donors (Lipinski definition) is 2. The Hall–Kier alpha value is -0.560. The number of nitrogens with one attached hydrogen (secondary N) is 1. The molecule has 0 saturated carbocycles. The third kappa shape index (κ3) is 4.28. The lowest BCUT2D eigenvalue weighted by Gasteiger charge is -2.11. The van der Waals surface area contributed by atoms with Crippen LogP contribution in [0.15, 0.2) is 5.03 Å². The summed E-state index contributed by atoms with van der Waals surface area (Å²) in [6.07, 6.45) is 0. The Morgan fingerprint density at radius 3 is 2.89 bits per heavy atom. The zero-order valence-electron chi connectivity index (χ0n) is 11.6. The summed E-state index contributed by atoms with van der Waals surface area (Å²) < 4.78 is 6.89. The largest absolute Gasteiger partial charge is 0.395 e. The van der Waals surface area contributed by atoms with Crippen LogP contribution in [0.5, 0.6) is 0 Å². The maximum absolute atomic E-state index is 9.15. The van der Waals surface area contributed by atoms with Gasteiger partial charge < -0.3 is 15.2 Å². The molecular weight excluding hydrogens is 250 g/mol. The number of nitrogens with zero attached hydrogens (tertiary/aromatic N) is 2. The summed E-state index contributed by atoms with van der Waals surface area (Å²) in [6, 6.07) is 0. The van der Waals surface area contributed by atoms with Gasteiger partial charge in [-0.25, -0.2) is 0 Å². The molecule has 104 valence electrons. The highest BCUT2D eigenvalue weighted by molar-refractivity contribution is 7.99. The van der Waals surface area contributed by atoms with Gasteiger partial charge in [-0.2, -0.15) is 5.10 Å². The molecule has 0 aliphatic carbocycles. The molecule has 1 atom stereocenters. The Morgan fingerprint density at radius 1 is 1.56 bits per heavy atom. The SMILES string of the molecule is COCCNCc1c(C)nn(C)c1SC(C)CO. The molecule has 1 aromatic heterocycles.